The van der Waals surface area contributed by atoms with Crippen LogP contribution in [0.1, 0.15) is 39.0 Å². The average Bonchev–Trinajstić information content (AvgIpc) is 2.79. The summed E-state index contributed by atoms with van der Waals surface area (Å²) in [6.45, 7) is 2.25. The number of rotatable bonds is 6. The Morgan fingerprint density at radius 1 is 1.29 bits per heavy atom. The van der Waals surface area contributed by atoms with Gasteiger partial charge in [0.05, 0.1) is 6.10 Å². The van der Waals surface area contributed by atoms with Crippen LogP contribution < -0.4 is 10.6 Å². The van der Waals surface area contributed by atoms with Gasteiger partial charge in [0.15, 0.2) is 0 Å². The second-order valence-electron chi connectivity index (χ2n) is 4.68. The first-order chi connectivity index (χ1) is 8.09. The van der Waals surface area contributed by atoms with E-state index in [4.69, 9.17) is 5.11 Å². The van der Waals surface area contributed by atoms with E-state index in [2.05, 4.69) is 10.6 Å². The maximum Gasteiger partial charge on any atom is 0.223 e. The molecule has 0 aromatic heterocycles. The Morgan fingerprint density at radius 2 is 1.94 bits per heavy atom. The zero-order valence-electron chi connectivity index (χ0n) is 10.4. The third kappa shape index (κ3) is 5.68. The van der Waals surface area contributed by atoms with Gasteiger partial charge in [0, 0.05) is 25.4 Å². The average molecular weight is 242 g/mol. The van der Waals surface area contributed by atoms with Gasteiger partial charge in [0.25, 0.3) is 0 Å². The van der Waals surface area contributed by atoms with E-state index in [-0.39, 0.29) is 30.7 Å². The smallest absolute Gasteiger partial charge is 0.223 e. The predicted molar refractivity (Wildman–Crippen MR) is 64.3 cm³/mol. The third-order valence-corrected chi connectivity index (χ3v) is 2.97. The third-order valence-electron chi connectivity index (χ3n) is 2.97. The van der Waals surface area contributed by atoms with Crippen LogP contribution in [0.3, 0.4) is 0 Å². The van der Waals surface area contributed by atoms with Gasteiger partial charge < -0.3 is 15.7 Å². The summed E-state index contributed by atoms with van der Waals surface area (Å²) in [5.41, 5.74) is 0. The molecule has 0 bridgehead atoms. The van der Waals surface area contributed by atoms with Crippen LogP contribution in [-0.4, -0.2) is 36.1 Å². The monoisotopic (exact) mass is 242 g/mol. The second kappa shape index (κ2) is 7.27. The molecule has 3 N–H and O–H groups in total. The molecule has 0 radical (unpaired) electrons. The van der Waals surface area contributed by atoms with Gasteiger partial charge in [-0.25, -0.2) is 0 Å². The molecule has 0 heterocycles. The van der Waals surface area contributed by atoms with Crippen molar-refractivity contribution < 1.29 is 14.7 Å². The Bertz CT molecular complexity index is 260. The van der Waals surface area contributed by atoms with Gasteiger partial charge in [0.2, 0.25) is 11.8 Å². The fraction of sp³-hybridized carbons (Fsp3) is 0.833. The molecule has 0 aromatic carbocycles. The lowest BCUT2D eigenvalue weighted by molar-refractivity contribution is -0.125. The van der Waals surface area contributed by atoms with Crippen molar-refractivity contribution in [3.05, 3.63) is 0 Å². The molecular formula is C12H22N2O3. The van der Waals surface area contributed by atoms with Crippen LogP contribution in [0.4, 0.5) is 0 Å². The van der Waals surface area contributed by atoms with Crippen LogP contribution in [0.25, 0.3) is 0 Å². The van der Waals surface area contributed by atoms with Crippen LogP contribution in [0.2, 0.25) is 0 Å². The molecule has 0 aliphatic heterocycles. The van der Waals surface area contributed by atoms with Crippen molar-refractivity contribution in [2.75, 3.05) is 13.1 Å². The molecule has 1 fully saturated rings. The lowest BCUT2D eigenvalue weighted by atomic mass is 10.1. The zero-order valence-corrected chi connectivity index (χ0v) is 10.4. The van der Waals surface area contributed by atoms with Crippen LogP contribution in [0, 0.1) is 5.92 Å². The molecular weight excluding hydrogens is 220 g/mol. The maximum absolute atomic E-state index is 11.6. The molecule has 1 rings (SSSR count). The lowest BCUT2D eigenvalue weighted by Gasteiger charge is -2.10. The molecule has 17 heavy (non-hydrogen) atoms. The highest BCUT2D eigenvalue weighted by molar-refractivity contribution is 5.80. The topological polar surface area (TPSA) is 78.4 Å². The molecule has 0 spiro atoms. The van der Waals surface area contributed by atoms with Gasteiger partial charge in [0.1, 0.15) is 0 Å². The van der Waals surface area contributed by atoms with E-state index in [1.54, 1.807) is 6.92 Å². The molecule has 1 atom stereocenters. The SMILES string of the molecule is C[C@@H](O)CNC(=O)CCNC(=O)C1CCCC1. The number of nitrogens with one attached hydrogen (secondary N) is 2. The standard InChI is InChI=1S/C12H22N2O3/c1-9(15)8-14-11(16)6-7-13-12(17)10-4-2-3-5-10/h9-10,15H,2-8H2,1H3,(H,13,17)(H,14,16)/t9-/m1/s1. The Labute approximate surface area is 102 Å². The predicted octanol–water partition coefficient (Wildman–Crippen LogP) is 0.180. The van der Waals surface area contributed by atoms with Gasteiger partial charge >= 0.3 is 0 Å². The van der Waals surface area contributed by atoms with Gasteiger partial charge in [-0.2, -0.15) is 0 Å². The normalized spacial score (nSPS) is 17.8. The van der Waals surface area contributed by atoms with E-state index in [9.17, 15) is 9.59 Å². The van der Waals surface area contributed by atoms with Crippen molar-refractivity contribution in [2.24, 2.45) is 5.92 Å². The van der Waals surface area contributed by atoms with Crippen molar-refractivity contribution in [2.45, 2.75) is 45.1 Å². The summed E-state index contributed by atoms with van der Waals surface area (Å²) in [7, 11) is 0. The number of aliphatic hydroxyl groups is 1. The van der Waals surface area contributed by atoms with Crippen molar-refractivity contribution in [1.82, 2.24) is 10.6 Å². The van der Waals surface area contributed by atoms with E-state index >= 15 is 0 Å². The second-order valence-corrected chi connectivity index (χ2v) is 4.68. The molecule has 0 aromatic rings. The molecule has 5 nitrogen and oxygen atoms in total. The van der Waals surface area contributed by atoms with E-state index in [0.29, 0.717) is 6.54 Å². The first-order valence-corrected chi connectivity index (χ1v) is 6.32. The Morgan fingerprint density at radius 3 is 2.53 bits per heavy atom. The van der Waals surface area contributed by atoms with E-state index in [1.165, 1.54) is 0 Å². The van der Waals surface area contributed by atoms with Crippen molar-refractivity contribution in [3.63, 3.8) is 0 Å². The molecule has 1 saturated carbocycles. The fourth-order valence-electron chi connectivity index (χ4n) is 1.98. The summed E-state index contributed by atoms with van der Waals surface area (Å²) in [5, 5.41) is 14.3. The number of carbonyl (C=O) groups excluding carboxylic acids is 2. The molecule has 98 valence electrons. The zero-order chi connectivity index (χ0) is 12.7. The number of hydrogen-bond donors (Lipinski definition) is 3. The van der Waals surface area contributed by atoms with Crippen LogP contribution in [0.5, 0.6) is 0 Å². The fourth-order valence-corrected chi connectivity index (χ4v) is 1.98. The molecule has 1 aliphatic carbocycles. The molecule has 1 aliphatic rings. The number of hydrogen-bond acceptors (Lipinski definition) is 3. The van der Waals surface area contributed by atoms with Crippen LogP contribution >= 0.6 is 0 Å². The van der Waals surface area contributed by atoms with Crippen molar-refractivity contribution in [3.8, 4) is 0 Å². The summed E-state index contributed by atoms with van der Waals surface area (Å²) in [6, 6.07) is 0. The molecule has 0 unspecified atom stereocenters. The van der Waals surface area contributed by atoms with Gasteiger partial charge in [-0.15, -0.1) is 0 Å². The largest absolute Gasteiger partial charge is 0.392 e. The highest BCUT2D eigenvalue weighted by atomic mass is 16.3. The highest BCUT2D eigenvalue weighted by Gasteiger charge is 2.22. The highest BCUT2D eigenvalue weighted by Crippen LogP contribution is 2.24. The van der Waals surface area contributed by atoms with Gasteiger partial charge in [-0.1, -0.05) is 12.8 Å². The lowest BCUT2D eigenvalue weighted by Crippen LogP contribution is -2.35. The number of carbonyl (C=O) groups is 2. The minimum absolute atomic E-state index is 0.0748. The molecule has 5 heteroatoms. The maximum atomic E-state index is 11.6. The van der Waals surface area contributed by atoms with E-state index < -0.39 is 6.10 Å². The molecule has 0 saturated heterocycles. The summed E-state index contributed by atoms with van der Waals surface area (Å²) >= 11 is 0. The summed E-state index contributed by atoms with van der Waals surface area (Å²) in [4.78, 5) is 22.9. The van der Waals surface area contributed by atoms with Crippen LogP contribution in [-0.2, 0) is 9.59 Å². The Balaban J connectivity index is 2.06. The summed E-state index contributed by atoms with van der Waals surface area (Å²) in [6.07, 6.45) is 3.94. The Hall–Kier alpha value is -1.10. The quantitative estimate of drug-likeness (QED) is 0.621. The van der Waals surface area contributed by atoms with Gasteiger partial charge in [-0.3, -0.25) is 9.59 Å². The van der Waals surface area contributed by atoms with Crippen molar-refractivity contribution in [1.29, 1.82) is 0 Å². The summed E-state index contributed by atoms with van der Waals surface area (Å²) < 4.78 is 0. The number of amides is 2. The van der Waals surface area contributed by atoms with Crippen LogP contribution in [0.15, 0.2) is 0 Å². The Kier molecular flexibility index (Phi) is 5.97. The first kappa shape index (κ1) is 14.0. The van der Waals surface area contributed by atoms with Crippen molar-refractivity contribution >= 4 is 11.8 Å². The van der Waals surface area contributed by atoms with Gasteiger partial charge in [-0.05, 0) is 19.8 Å². The van der Waals surface area contributed by atoms with E-state index in [1.807, 2.05) is 0 Å². The summed E-state index contributed by atoms with van der Waals surface area (Å²) in [5.74, 6) is 0.0824. The minimum Gasteiger partial charge on any atom is -0.392 e. The minimum atomic E-state index is -0.535. The molecule has 2 amide bonds. The van der Waals surface area contributed by atoms with E-state index in [0.717, 1.165) is 25.7 Å². The number of aliphatic hydroxyl groups excluding tert-OH is 1. The first-order valence-electron chi connectivity index (χ1n) is 6.32.